The molecule has 5 nitrogen and oxygen atoms in total. The van der Waals surface area contributed by atoms with Gasteiger partial charge in [0, 0.05) is 13.8 Å². The molecule has 0 saturated carbocycles. The normalized spacial score (nSPS) is 36.1. The van der Waals surface area contributed by atoms with Crippen LogP contribution in [0.5, 0.6) is 0 Å². The van der Waals surface area contributed by atoms with Gasteiger partial charge in [-0.3, -0.25) is 9.59 Å². The summed E-state index contributed by atoms with van der Waals surface area (Å²) in [5.41, 5.74) is 0. The lowest BCUT2D eigenvalue weighted by Gasteiger charge is -2.43. The van der Waals surface area contributed by atoms with Gasteiger partial charge in [-0.1, -0.05) is 0 Å². The number of esters is 2. The predicted octanol–water partition coefficient (Wildman–Crippen LogP) is 1.19. The topological polar surface area (TPSA) is 61.8 Å². The first-order valence-electron chi connectivity index (χ1n) is 6.06. The van der Waals surface area contributed by atoms with Crippen LogP contribution in [0.1, 0.15) is 39.5 Å². The second kappa shape index (κ2) is 5.04. The molecule has 0 aliphatic carbocycles. The summed E-state index contributed by atoms with van der Waals surface area (Å²) < 4.78 is 16.2. The Labute approximate surface area is 100 Å². The summed E-state index contributed by atoms with van der Waals surface area (Å²) in [6.07, 6.45) is 2.76. The zero-order chi connectivity index (χ0) is 12.4. The third-order valence-corrected chi connectivity index (χ3v) is 3.29. The average Bonchev–Trinajstić information content (AvgIpc) is 2.24. The van der Waals surface area contributed by atoms with Gasteiger partial charge in [0.2, 0.25) is 0 Å². The highest BCUT2D eigenvalue weighted by molar-refractivity contribution is 5.66. The van der Waals surface area contributed by atoms with E-state index in [9.17, 15) is 9.59 Å². The van der Waals surface area contributed by atoms with Crippen molar-refractivity contribution in [1.82, 2.24) is 0 Å². The maximum absolute atomic E-state index is 10.9. The Hall–Kier alpha value is -1.10. The molecule has 0 radical (unpaired) electrons. The number of hydrogen-bond donors (Lipinski definition) is 0. The van der Waals surface area contributed by atoms with Crippen molar-refractivity contribution >= 4 is 11.9 Å². The van der Waals surface area contributed by atoms with Crippen LogP contribution in [0.4, 0.5) is 0 Å². The maximum atomic E-state index is 10.9. The molecule has 2 fully saturated rings. The molecule has 4 atom stereocenters. The molecule has 0 amide bonds. The molecule has 2 aliphatic heterocycles. The second-order valence-corrected chi connectivity index (χ2v) is 4.66. The molecule has 0 N–H and O–H groups in total. The Morgan fingerprint density at radius 1 is 0.882 bits per heavy atom. The molecule has 0 aromatic rings. The van der Waals surface area contributed by atoms with Gasteiger partial charge in [-0.2, -0.15) is 0 Å². The minimum Gasteiger partial charge on any atom is -0.460 e. The number of rotatable bonds is 2. The van der Waals surface area contributed by atoms with Crippen LogP contribution in [0.15, 0.2) is 0 Å². The summed E-state index contributed by atoms with van der Waals surface area (Å²) in [5.74, 6) is -0.529. The van der Waals surface area contributed by atoms with E-state index in [2.05, 4.69) is 0 Å². The highest BCUT2D eigenvalue weighted by atomic mass is 16.6. The van der Waals surface area contributed by atoms with Crippen molar-refractivity contribution in [3.05, 3.63) is 0 Å². The van der Waals surface area contributed by atoms with Gasteiger partial charge in [-0.05, 0) is 25.7 Å². The monoisotopic (exact) mass is 242 g/mol. The predicted molar refractivity (Wildman–Crippen MR) is 58.2 cm³/mol. The highest BCUT2D eigenvalue weighted by Crippen LogP contribution is 2.34. The van der Waals surface area contributed by atoms with Crippen molar-refractivity contribution < 1.29 is 23.8 Å². The molecular formula is C12H18O5. The van der Waals surface area contributed by atoms with Crippen molar-refractivity contribution in [1.29, 1.82) is 0 Å². The van der Waals surface area contributed by atoms with Crippen LogP contribution in [-0.4, -0.2) is 36.4 Å². The van der Waals surface area contributed by atoms with Gasteiger partial charge in [0.1, 0.15) is 12.2 Å². The van der Waals surface area contributed by atoms with Gasteiger partial charge in [0.15, 0.2) is 0 Å². The number of hydrogen-bond acceptors (Lipinski definition) is 5. The first-order chi connectivity index (χ1) is 8.06. The molecule has 2 aliphatic rings. The molecule has 0 spiro atoms. The van der Waals surface area contributed by atoms with E-state index in [4.69, 9.17) is 14.2 Å². The summed E-state index contributed by atoms with van der Waals surface area (Å²) >= 11 is 0. The molecule has 0 aromatic carbocycles. The fraction of sp³-hybridized carbons (Fsp3) is 0.833. The fourth-order valence-corrected chi connectivity index (χ4v) is 2.63. The van der Waals surface area contributed by atoms with Crippen molar-refractivity contribution in [3.8, 4) is 0 Å². The van der Waals surface area contributed by atoms with Crippen molar-refractivity contribution in [2.45, 2.75) is 63.9 Å². The Morgan fingerprint density at radius 3 is 1.65 bits per heavy atom. The lowest BCUT2D eigenvalue weighted by Crippen LogP contribution is -2.50. The summed E-state index contributed by atoms with van der Waals surface area (Å²) in [6, 6.07) is 0. The van der Waals surface area contributed by atoms with Crippen LogP contribution in [0.3, 0.4) is 0 Å². The third-order valence-electron chi connectivity index (χ3n) is 3.29. The number of carbonyl (C=O) groups is 2. The van der Waals surface area contributed by atoms with Crippen LogP contribution in [0.25, 0.3) is 0 Å². The number of ether oxygens (including phenoxy) is 3. The fourth-order valence-electron chi connectivity index (χ4n) is 2.63. The van der Waals surface area contributed by atoms with Gasteiger partial charge in [-0.15, -0.1) is 0 Å². The van der Waals surface area contributed by atoms with Gasteiger partial charge in [-0.25, -0.2) is 0 Å². The standard InChI is InChI=1S/C12H18O5/c1-7(13)15-9-3-5-12-10(16-8(2)14)4-6-11(9)17-12/h9-12H,3-6H2,1-2H3/t9-,10-,11+,12+/m0/s1. The molecule has 2 saturated heterocycles. The van der Waals surface area contributed by atoms with Crippen LogP contribution in [-0.2, 0) is 23.8 Å². The highest BCUT2D eigenvalue weighted by Gasteiger charge is 2.42. The van der Waals surface area contributed by atoms with Crippen LogP contribution in [0, 0.1) is 0 Å². The van der Waals surface area contributed by atoms with Gasteiger partial charge >= 0.3 is 11.9 Å². The van der Waals surface area contributed by atoms with E-state index in [-0.39, 0.29) is 36.4 Å². The Kier molecular flexibility index (Phi) is 3.66. The minimum atomic E-state index is -0.265. The summed E-state index contributed by atoms with van der Waals surface area (Å²) in [5, 5.41) is 0. The molecule has 2 bridgehead atoms. The zero-order valence-corrected chi connectivity index (χ0v) is 10.2. The lowest BCUT2D eigenvalue weighted by atomic mass is 9.88. The second-order valence-electron chi connectivity index (χ2n) is 4.66. The minimum absolute atomic E-state index is 0.0375. The maximum Gasteiger partial charge on any atom is 0.302 e. The van der Waals surface area contributed by atoms with E-state index in [1.54, 1.807) is 0 Å². The first kappa shape index (κ1) is 12.4. The molecule has 5 heteroatoms. The van der Waals surface area contributed by atoms with Crippen molar-refractivity contribution in [2.75, 3.05) is 0 Å². The Morgan fingerprint density at radius 2 is 1.29 bits per heavy atom. The molecule has 2 heterocycles. The molecule has 17 heavy (non-hydrogen) atoms. The summed E-state index contributed by atoms with van der Waals surface area (Å²) in [6.45, 7) is 2.83. The first-order valence-corrected chi connectivity index (χ1v) is 6.06. The van der Waals surface area contributed by atoms with E-state index in [0.29, 0.717) is 0 Å². The molecular weight excluding hydrogens is 224 g/mol. The van der Waals surface area contributed by atoms with E-state index < -0.39 is 0 Å². The van der Waals surface area contributed by atoms with E-state index in [1.807, 2.05) is 0 Å². The van der Waals surface area contributed by atoms with Gasteiger partial charge in [0.05, 0.1) is 12.2 Å². The lowest BCUT2D eigenvalue weighted by molar-refractivity contribution is -0.208. The largest absolute Gasteiger partial charge is 0.460 e. The molecule has 2 rings (SSSR count). The summed E-state index contributed by atoms with van der Waals surface area (Å²) in [7, 11) is 0. The van der Waals surface area contributed by atoms with E-state index >= 15 is 0 Å². The Balaban J connectivity index is 1.91. The average molecular weight is 242 g/mol. The van der Waals surface area contributed by atoms with Crippen LogP contribution < -0.4 is 0 Å². The third kappa shape index (κ3) is 2.97. The van der Waals surface area contributed by atoms with Crippen molar-refractivity contribution in [3.63, 3.8) is 0 Å². The van der Waals surface area contributed by atoms with Gasteiger partial charge in [0.25, 0.3) is 0 Å². The van der Waals surface area contributed by atoms with Crippen LogP contribution >= 0.6 is 0 Å². The van der Waals surface area contributed by atoms with E-state index in [1.165, 1.54) is 13.8 Å². The Bertz CT molecular complexity index is 284. The number of carbonyl (C=O) groups excluding carboxylic acids is 2. The van der Waals surface area contributed by atoms with Crippen LogP contribution in [0.2, 0.25) is 0 Å². The van der Waals surface area contributed by atoms with E-state index in [0.717, 1.165) is 25.7 Å². The summed E-state index contributed by atoms with van der Waals surface area (Å²) in [4.78, 5) is 21.9. The molecule has 0 unspecified atom stereocenters. The quantitative estimate of drug-likeness (QED) is 0.681. The van der Waals surface area contributed by atoms with Gasteiger partial charge < -0.3 is 14.2 Å². The smallest absolute Gasteiger partial charge is 0.302 e. The SMILES string of the molecule is CC(=O)O[C@H]1CC[C@H]2O[C@@H]1CC[C@@H]2OC(C)=O. The zero-order valence-electron chi connectivity index (χ0n) is 10.2. The number of fused-ring (bicyclic) bond motifs is 2. The molecule has 0 aromatic heterocycles. The molecule has 96 valence electrons. The van der Waals surface area contributed by atoms with Crippen molar-refractivity contribution in [2.24, 2.45) is 0 Å².